The average Bonchev–Trinajstić information content (AvgIpc) is 3.57. The second-order valence-corrected chi connectivity index (χ2v) is 20.2. The van der Waals surface area contributed by atoms with Gasteiger partial charge in [0.2, 0.25) is 17.7 Å². The van der Waals surface area contributed by atoms with Gasteiger partial charge in [-0.3, -0.25) is 39.1 Å². The third kappa shape index (κ3) is 10.6. The number of carbonyl (C=O) groups is 5. The van der Waals surface area contributed by atoms with Crippen LogP contribution in [0.1, 0.15) is 91.5 Å². The van der Waals surface area contributed by atoms with E-state index in [1.54, 1.807) is 29.4 Å². The number of amides is 5. The number of rotatable bonds is 15. The highest BCUT2D eigenvalue weighted by molar-refractivity contribution is 6.25. The Bertz CT molecular complexity index is 2390. The van der Waals surface area contributed by atoms with Gasteiger partial charge in [0.15, 0.2) is 0 Å². The fourth-order valence-corrected chi connectivity index (χ4v) is 10.6. The lowest BCUT2D eigenvalue weighted by Crippen LogP contribution is -2.66. The van der Waals surface area contributed by atoms with Crippen molar-refractivity contribution < 1.29 is 32.8 Å². The van der Waals surface area contributed by atoms with Crippen LogP contribution in [0.3, 0.4) is 0 Å². The van der Waals surface area contributed by atoms with Crippen molar-refractivity contribution in [2.24, 2.45) is 5.41 Å². The van der Waals surface area contributed by atoms with Gasteiger partial charge >= 0.3 is 0 Å². The maximum Gasteiger partial charge on any atom is 0.264 e. The van der Waals surface area contributed by atoms with Crippen molar-refractivity contribution in [2.45, 2.75) is 83.3 Å². The summed E-state index contributed by atoms with van der Waals surface area (Å²) in [5, 5.41) is 12.2. The van der Waals surface area contributed by atoms with Gasteiger partial charge in [-0.2, -0.15) is 0 Å². The SMILES string of the molecule is CC1(C)CCN(Cc2cc(F)c(N3CC(=O)NC4(CCN(c5cc(NCCCN6CCN(CCCNc7cccc8c7C(=O)N(C7CCC(=O)NC7=O)C8=O)CC6)ncn5)CC4)C3)cc2F)CC1. The predicted octanol–water partition coefficient (Wildman–Crippen LogP) is 3.68. The number of aromatic nitrogens is 2. The molecule has 5 fully saturated rings. The van der Waals surface area contributed by atoms with Gasteiger partial charge in [0.25, 0.3) is 11.8 Å². The lowest BCUT2D eigenvalue weighted by atomic mass is 9.82. The lowest BCUT2D eigenvalue weighted by molar-refractivity contribution is -0.136. The summed E-state index contributed by atoms with van der Waals surface area (Å²) in [4.78, 5) is 84.8. The van der Waals surface area contributed by atoms with Crippen LogP contribution in [0.2, 0.25) is 0 Å². The summed E-state index contributed by atoms with van der Waals surface area (Å²) in [5.74, 6) is -1.63. The normalized spacial score (nSPS) is 22.4. The van der Waals surface area contributed by atoms with Crippen LogP contribution in [0.25, 0.3) is 0 Å². The number of likely N-dealkylation sites (tertiary alicyclic amines) is 1. The number of nitrogens with zero attached hydrogens (tertiary/aromatic N) is 8. The van der Waals surface area contributed by atoms with E-state index in [0.717, 1.165) is 101 Å². The largest absolute Gasteiger partial charge is 0.384 e. The molecule has 7 heterocycles. The summed E-state index contributed by atoms with van der Waals surface area (Å²) in [5.41, 5.74) is 1.30. The van der Waals surface area contributed by atoms with E-state index in [1.807, 2.05) is 6.07 Å². The molecule has 2 aromatic carbocycles. The smallest absolute Gasteiger partial charge is 0.264 e. The number of halogens is 2. The highest BCUT2D eigenvalue weighted by Crippen LogP contribution is 2.36. The Labute approximate surface area is 396 Å². The first-order chi connectivity index (χ1) is 32.7. The molecule has 1 atom stereocenters. The van der Waals surface area contributed by atoms with Crippen molar-refractivity contribution in [3.05, 3.63) is 71.1 Å². The maximum atomic E-state index is 15.7. The van der Waals surface area contributed by atoms with Crippen LogP contribution in [0.4, 0.5) is 31.8 Å². The average molecular weight is 939 g/mol. The van der Waals surface area contributed by atoms with Crippen molar-refractivity contribution in [1.82, 2.24) is 40.2 Å². The van der Waals surface area contributed by atoms with E-state index < -0.39 is 46.8 Å². The van der Waals surface area contributed by atoms with Crippen LogP contribution in [0, 0.1) is 17.0 Å². The van der Waals surface area contributed by atoms with Gasteiger partial charge in [-0.05, 0) is 94.7 Å². The van der Waals surface area contributed by atoms with Crippen LogP contribution < -0.4 is 31.1 Å². The van der Waals surface area contributed by atoms with E-state index in [4.69, 9.17) is 0 Å². The van der Waals surface area contributed by atoms with E-state index >= 15 is 8.78 Å². The van der Waals surface area contributed by atoms with E-state index in [9.17, 15) is 24.0 Å². The predicted molar refractivity (Wildman–Crippen MR) is 253 cm³/mol. The molecule has 0 aliphatic carbocycles. The molecule has 5 saturated heterocycles. The third-order valence-corrected chi connectivity index (χ3v) is 14.8. The number of carbonyl (C=O) groups excluding carboxylic acids is 5. The Balaban J connectivity index is 0.677. The number of piperidine rings is 3. The molecular weight excluding hydrogens is 875 g/mol. The van der Waals surface area contributed by atoms with Gasteiger partial charge in [-0.25, -0.2) is 18.7 Å². The van der Waals surface area contributed by atoms with Gasteiger partial charge in [0.1, 0.15) is 35.6 Å². The topological polar surface area (TPSA) is 179 Å². The Morgan fingerprint density at radius 3 is 2.16 bits per heavy atom. The number of hydrogen-bond acceptors (Lipinski definition) is 14. The number of benzene rings is 2. The van der Waals surface area contributed by atoms with Gasteiger partial charge < -0.3 is 35.6 Å². The Morgan fingerprint density at radius 1 is 0.750 bits per heavy atom. The minimum absolute atomic E-state index is 0.0225. The van der Waals surface area contributed by atoms with Crippen LogP contribution in [-0.2, 0) is 20.9 Å². The molecule has 0 saturated carbocycles. The summed E-state index contributed by atoms with van der Waals surface area (Å²) in [6.07, 6.45) is 6.87. The molecule has 4 N–H and O–H groups in total. The summed E-state index contributed by atoms with van der Waals surface area (Å²) in [6, 6.07) is 8.66. The first-order valence-corrected chi connectivity index (χ1v) is 24.3. The molecule has 0 radical (unpaired) electrons. The fraction of sp³-hybridized carbons (Fsp3) is 0.571. The standard InChI is InChI=1S/C49H64F2N12O5/c1-48(2)10-18-60(19-11-48)29-33-26-36(51)39(27-35(33)50)62-30-43(65)57-49(31-62)12-20-61(21-13-49)41-28-40(54-32-55-41)53-15-5-17-59-24-22-58(23-25-59)16-4-14-52-37-7-3-6-34-44(37)47(68)63(46(34)67)38-8-9-42(64)56-45(38)66/h3,6-7,26-28,32,38,52H,4-5,8-25,29-31H2,1-2H3,(H,57,65)(H,53,54,55)(H,56,64,66). The zero-order valence-electron chi connectivity index (χ0n) is 39.3. The molecule has 17 nitrogen and oxygen atoms in total. The highest BCUT2D eigenvalue weighted by Gasteiger charge is 2.46. The molecular formula is C49H64F2N12O5. The molecule has 3 aromatic rings. The summed E-state index contributed by atoms with van der Waals surface area (Å²) < 4.78 is 31.2. The first kappa shape index (κ1) is 47.3. The van der Waals surface area contributed by atoms with Gasteiger partial charge in [0.05, 0.1) is 28.9 Å². The van der Waals surface area contributed by atoms with Crippen molar-refractivity contribution in [3.63, 3.8) is 0 Å². The van der Waals surface area contributed by atoms with E-state index in [-0.39, 0.29) is 47.5 Å². The van der Waals surface area contributed by atoms with E-state index in [2.05, 4.69) is 64.7 Å². The lowest BCUT2D eigenvalue weighted by Gasteiger charge is -2.48. The number of imide groups is 2. The maximum absolute atomic E-state index is 15.7. The van der Waals surface area contributed by atoms with Crippen LogP contribution in [0.15, 0.2) is 42.7 Å². The molecule has 1 unspecified atom stereocenters. The van der Waals surface area contributed by atoms with Crippen molar-refractivity contribution in [1.29, 1.82) is 0 Å². The molecule has 19 heteroatoms. The van der Waals surface area contributed by atoms with Crippen molar-refractivity contribution >= 4 is 52.5 Å². The molecule has 6 aliphatic rings. The fourth-order valence-electron chi connectivity index (χ4n) is 10.6. The monoisotopic (exact) mass is 939 g/mol. The molecule has 5 amide bonds. The molecule has 1 spiro atoms. The Hall–Kier alpha value is -5.79. The van der Waals surface area contributed by atoms with Crippen molar-refractivity contribution in [2.75, 3.05) is 112 Å². The first-order valence-electron chi connectivity index (χ1n) is 24.3. The molecule has 0 bridgehead atoms. The van der Waals surface area contributed by atoms with Crippen LogP contribution >= 0.6 is 0 Å². The molecule has 9 rings (SSSR count). The third-order valence-electron chi connectivity index (χ3n) is 14.8. The number of anilines is 4. The van der Waals surface area contributed by atoms with Gasteiger partial charge in [0, 0.05) is 95.3 Å². The number of piperazine rings is 2. The number of nitrogens with one attached hydrogen (secondary N) is 4. The summed E-state index contributed by atoms with van der Waals surface area (Å²) in [6.45, 7) is 15.3. The minimum atomic E-state index is -0.996. The van der Waals surface area contributed by atoms with Gasteiger partial charge in [-0.1, -0.05) is 19.9 Å². The Morgan fingerprint density at radius 2 is 1.46 bits per heavy atom. The second kappa shape index (κ2) is 20.0. The molecule has 1 aromatic heterocycles. The zero-order chi connectivity index (χ0) is 47.6. The second-order valence-electron chi connectivity index (χ2n) is 20.2. The van der Waals surface area contributed by atoms with Crippen LogP contribution in [0.5, 0.6) is 0 Å². The highest BCUT2D eigenvalue weighted by atomic mass is 19.1. The number of fused-ring (bicyclic) bond motifs is 1. The quantitative estimate of drug-likeness (QED) is 0.128. The van der Waals surface area contributed by atoms with E-state index in [0.29, 0.717) is 56.8 Å². The minimum Gasteiger partial charge on any atom is -0.384 e. The van der Waals surface area contributed by atoms with Gasteiger partial charge in [-0.15, -0.1) is 0 Å². The zero-order valence-corrected chi connectivity index (χ0v) is 39.3. The molecule has 68 heavy (non-hydrogen) atoms. The summed E-state index contributed by atoms with van der Waals surface area (Å²) in [7, 11) is 0. The van der Waals surface area contributed by atoms with Crippen LogP contribution in [-0.4, -0.2) is 162 Å². The summed E-state index contributed by atoms with van der Waals surface area (Å²) >= 11 is 0. The van der Waals surface area contributed by atoms with Crippen molar-refractivity contribution in [3.8, 4) is 0 Å². The molecule has 6 aliphatic heterocycles. The van der Waals surface area contributed by atoms with E-state index in [1.165, 1.54) is 12.1 Å². The Kier molecular flexibility index (Phi) is 13.9. The number of hydrogen-bond donors (Lipinski definition) is 4. The molecule has 364 valence electrons.